The van der Waals surface area contributed by atoms with Crippen molar-refractivity contribution in [3.63, 3.8) is 0 Å². The van der Waals surface area contributed by atoms with E-state index in [1.165, 1.54) is 11.8 Å². The Bertz CT molecular complexity index is 1190. The Labute approximate surface area is 189 Å². The van der Waals surface area contributed by atoms with Gasteiger partial charge in [-0.05, 0) is 43.3 Å². The summed E-state index contributed by atoms with van der Waals surface area (Å²) >= 11 is 1.32. The van der Waals surface area contributed by atoms with E-state index in [2.05, 4.69) is 20.3 Å². The number of hydrogen-bond donors (Lipinski definition) is 0. The predicted molar refractivity (Wildman–Crippen MR) is 122 cm³/mol. The third-order valence-corrected chi connectivity index (χ3v) is 5.79. The molecule has 1 amide bonds. The molecule has 32 heavy (non-hydrogen) atoms. The number of hydrogen-bond acceptors (Lipinski definition) is 8. The molecule has 2 aromatic heterocycles. The zero-order chi connectivity index (χ0) is 22.5. The number of benzene rings is 2. The molecule has 0 N–H and O–H groups in total. The lowest BCUT2D eigenvalue weighted by molar-refractivity contribution is -0.115. The maximum Gasteiger partial charge on any atom is 0.296 e. The monoisotopic (exact) mass is 450 g/mol. The highest BCUT2D eigenvalue weighted by Gasteiger charge is 2.21. The second-order valence-corrected chi connectivity index (χ2v) is 7.72. The first-order chi connectivity index (χ1) is 15.6. The number of methoxy groups -OCH3 is 1. The predicted octanol–water partition coefficient (Wildman–Crippen LogP) is 3.78. The lowest BCUT2D eigenvalue weighted by Crippen LogP contribution is -2.27. The molecular formula is C22H22N6O3S. The average Bonchev–Trinajstić information content (AvgIpc) is 3.49. The normalized spacial score (nSPS) is 10.8. The largest absolute Gasteiger partial charge is 0.497 e. The fraction of sp³-hybridized carbons (Fsp3) is 0.227. The Balaban J connectivity index is 1.48. The zero-order valence-corrected chi connectivity index (χ0v) is 18.7. The van der Waals surface area contributed by atoms with Crippen molar-refractivity contribution in [1.29, 1.82) is 0 Å². The molecule has 0 unspecified atom stereocenters. The van der Waals surface area contributed by atoms with Gasteiger partial charge < -0.3 is 14.2 Å². The van der Waals surface area contributed by atoms with Crippen molar-refractivity contribution in [1.82, 2.24) is 24.9 Å². The molecule has 0 aliphatic carbocycles. The maximum absolute atomic E-state index is 12.6. The molecule has 0 bridgehead atoms. The molecule has 4 rings (SSSR count). The average molecular weight is 451 g/mol. The van der Waals surface area contributed by atoms with Crippen LogP contribution >= 0.6 is 11.8 Å². The molecule has 10 heteroatoms. The first-order valence-electron chi connectivity index (χ1n) is 9.96. The summed E-state index contributed by atoms with van der Waals surface area (Å²) in [6.45, 7) is 2.56. The van der Waals surface area contributed by atoms with Gasteiger partial charge in [-0.2, -0.15) is 4.98 Å². The Morgan fingerprint density at radius 2 is 1.88 bits per heavy atom. The van der Waals surface area contributed by atoms with Crippen LogP contribution in [0.3, 0.4) is 0 Å². The number of nitrogens with zero attached hydrogens (tertiary/aromatic N) is 6. The van der Waals surface area contributed by atoms with E-state index in [4.69, 9.17) is 9.26 Å². The van der Waals surface area contributed by atoms with Gasteiger partial charge in [0.2, 0.25) is 17.6 Å². The Morgan fingerprint density at radius 1 is 1.12 bits per heavy atom. The summed E-state index contributed by atoms with van der Waals surface area (Å²) in [6.07, 6.45) is 0. The zero-order valence-electron chi connectivity index (χ0n) is 17.9. The molecule has 164 valence electrons. The standard InChI is InChI=1S/C22H22N6O3S/c1-4-28-20(21-23-19(26-31-21)15-10-12-17(30-3)13-11-15)24-25-22(28)32-14-18(29)27(2)16-8-6-5-7-9-16/h5-13H,4,14H2,1-3H3. The molecule has 0 spiro atoms. The smallest absolute Gasteiger partial charge is 0.296 e. The number of aromatic nitrogens is 5. The van der Waals surface area contributed by atoms with Crippen molar-refractivity contribution in [3.05, 3.63) is 54.6 Å². The van der Waals surface area contributed by atoms with E-state index in [-0.39, 0.29) is 17.6 Å². The third kappa shape index (κ3) is 4.50. The van der Waals surface area contributed by atoms with Crippen molar-refractivity contribution in [3.8, 4) is 28.9 Å². The summed E-state index contributed by atoms with van der Waals surface area (Å²) in [5.74, 6) is 2.12. The van der Waals surface area contributed by atoms with E-state index in [0.29, 0.717) is 23.4 Å². The van der Waals surface area contributed by atoms with Gasteiger partial charge in [0.15, 0.2) is 5.16 Å². The maximum atomic E-state index is 12.6. The summed E-state index contributed by atoms with van der Waals surface area (Å²) in [4.78, 5) is 18.7. The molecule has 0 saturated carbocycles. The van der Waals surface area contributed by atoms with E-state index < -0.39 is 0 Å². The van der Waals surface area contributed by atoms with E-state index in [1.807, 2.05) is 66.1 Å². The number of anilines is 1. The van der Waals surface area contributed by atoms with Crippen LogP contribution in [0.1, 0.15) is 6.92 Å². The van der Waals surface area contributed by atoms with Crippen LogP contribution < -0.4 is 9.64 Å². The van der Waals surface area contributed by atoms with Crippen LogP contribution in [0.4, 0.5) is 5.69 Å². The summed E-state index contributed by atoms with van der Waals surface area (Å²) in [5, 5.41) is 13.1. The van der Waals surface area contributed by atoms with E-state index in [9.17, 15) is 4.79 Å². The number of amides is 1. The first-order valence-corrected chi connectivity index (χ1v) is 11.0. The van der Waals surface area contributed by atoms with Gasteiger partial charge in [-0.3, -0.25) is 9.36 Å². The molecule has 0 atom stereocenters. The molecule has 2 aromatic carbocycles. The van der Waals surface area contributed by atoms with Crippen LogP contribution in [0.25, 0.3) is 23.1 Å². The van der Waals surface area contributed by atoms with Crippen molar-refractivity contribution in [2.24, 2.45) is 0 Å². The third-order valence-electron chi connectivity index (χ3n) is 4.84. The van der Waals surface area contributed by atoms with Gasteiger partial charge in [-0.1, -0.05) is 35.1 Å². The molecular weight excluding hydrogens is 428 g/mol. The van der Waals surface area contributed by atoms with Gasteiger partial charge >= 0.3 is 0 Å². The van der Waals surface area contributed by atoms with Gasteiger partial charge in [0, 0.05) is 24.8 Å². The summed E-state index contributed by atoms with van der Waals surface area (Å²) in [7, 11) is 3.37. The fourth-order valence-corrected chi connectivity index (χ4v) is 3.95. The van der Waals surface area contributed by atoms with Crippen LogP contribution in [-0.2, 0) is 11.3 Å². The van der Waals surface area contributed by atoms with Crippen LogP contribution in [-0.4, -0.2) is 50.7 Å². The van der Waals surface area contributed by atoms with Crippen LogP contribution in [0.2, 0.25) is 0 Å². The van der Waals surface area contributed by atoms with E-state index >= 15 is 0 Å². The number of thioether (sulfide) groups is 1. The lowest BCUT2D eigenvalue weighted by atomic mass is 10.2. The second-order valence-electron chi connectivity index (χ2n) is 6.78. The topological polar surface area (TPSA) is 99.2 Å². The fourth-order valence-electron chi connectivity index (χ4n) is 3.03. The number of carbonyl (C=O) groups is 1. The number of rotatable bonds is 8. The van der Waals surface area contributed by atoms with E-state index in [1.54, 1.807) is 19.1 Å². The Hall–Kier alpha value is -3.66. The van der Waals surface area contributed by atoms with Crippen molar-refractivity contribution < 1.29 is 14.1 Å². The second kappa shape index (κ2) is 9.65. The van der Waals surface area contributed by atoms with Crippen molar-refractivity contribution in [2.75, 3.05) is 24.8 Å². The Morgan fingerprint density at radius 3 is 2.56 bits per heavy atom. The summed E-state index contributed by atoms with van der Waals surface area (Å²) in [5.41, 5.74) is 1.64. The quantitative estimate of drug-likeness (QED) is 0.374. The highest BCUT2D eigenvalue weighted by atomic mass is 32.2. The minimum atomic E-state index is -0.0343. The van der Waals surface area contributed by atoms with Crippen molar-refractivity contribution >= 4 is 23.4 Å². The SMILES string of the molecule is CCn1c(SCC(=O)N(C)c2ccccc2)nnc1-c1nc(-c2ccc(OC)cc2)no1. The molecule has 0 fully saturated rings. The molecule has 0 aliphatic rings. The molecule has 0 radical (unpaired) electrons. The molecule has 0 saturated heterocycles. The highest BCUT2D eigenvalue weighted by Crippen LogP contribution is 2.26. The van der Waals surface area contributed by atoms with Gasteiger partial charge in [-0.25, -0.2) is 0 Å². The lowest BCUT2D eigenvalue weighted by Gasteiger charge is -2.16. The minimum Gasteiger partial charge on any atom is -0.497 e. The Kier molecular flexibility index (Phi) is 6.50. The van der Waals surface area contributed by atoms with E-state index in [0.717, 1.165) is 17.0 Å². The van der Waals surface area contributed by atoms with Crippen molar-refractivity contribution in [2.45, 2.75) is 18.6 Å². The highest BCUT2D eigenvalue weighted by molar-refractivity contribution is 7.99. The van der Waals surface area contributed by atoms with Gasteiger partial charge in [0.05, 0.1) is 12.9 Å². The van der Waals surface area contributed by atoms with Crippen LogP contribution in [0.15, 0.2) is 64.3 Å². The summed E-state index contributed by atoms with van der Waals surface area (Å²) < 4.78 is 12.5. The van der Waals surface area contributed by atoms with Gasteiger partial charge in [-0.15, -0.1) is 10.2 Å². The first kappa shape index (κ1) is 21.6. The molecule has 9 nitrogen and oxygen atoms in total. The number of para-hydroxylation sites is 1. The number of carbonyl (C=O) groups excluding carboxylic acids is 1. The molecule has 2 heterocycles. The minimum absolute atomic E-state index is 0.0343. The van der Waals surface area contributed by atoms with Crippen LogP contribution in [0, 0.1) is 0 Å². The van der Waals surface area contributed by atoms with Gasteiger partial charge in [0.25, 0.3) is 5.89 Å². The molecule has 4 aromatic rings. The summed E-state index contributed by atoms with van der Waals surface area (Å²) in [6, 6.07) is 16.9. The van der Waals surface area contributed by atoms with Gasteiger partial charge in [0.1, 0.15) is 5.75 Å². The van der Waals surface area contributed by atoms with Crippen LogP contribution in [0.5, 0.6) is 5.75 Å². The molecule has 0 aliphatic heterocycles. The number of ether oxygens (including phenoxy) is 1.